The fourth-order valence-corrected chi connectivity index (χ4v) is 3.07. The normalized spacial score (nSPS) is 13.0. The number of primary amides is 1. The van der Waals surface area contributed by atoms with E-state index in [1.54, 1.807) is 6.92 Å². The van der Waals surface area contributed by atoms with Crippen LogP contribution in [0.1, 0.15) is 17.3 Å². The summed E-state index contributed by atoms with van der Waals surface area (Å²) < 4.78 is 39.1. The number of carbonyl (C=O) groups excluding carboxylic acids is 1. The summed E-state index contributed by atoms with van der Waals surface area (Å²) >= 11 is 5.53. The molecule has 19 heavy (non-hydrogen) atoms. The maximum absolute atomic E-state index is 13.5. The molecule has 0 heterocycles. The van der Waals surface area contributed by atoms with Crippen LogP contribution in [0.4, 0.5) is 10.1 Å². The molecule has 8 heteroatoms. The molecule has 1 aromatic rings. The van der Waals surface area contributed by atoms with E-state index in [4.69, 9.17) is 17.3 Å². The first-order valence-corrected chi connectivity index (χ1v) is 7.59. The number of anilines is 1. The largest absolute Gasteiger partial charge is 0.366 e. The number of rotatable bonds is 6. The lowest BCUT2D eigenvalue weighted by molar-refractivity contribution is 0.100. The first-order chi connectivity index (χ1) is 8.75. The Morgan fingerprint density at radius 3 is 2.68 bits per heavy atom. The fraction of sp³-hybridized carbons (Fsp3) is 0.364. The Labute approximate surface area is 116 Å². The molecule has 0 spiro atoms. The molecule has 1 unspecified atom stereocenters. The Hall–Kier alpha value is -1.34. The molecule has 1 amide bonds. The lowest BCUT2D eigenvalue weighted by atomic mass is 10.2. The Morgan fingerprint density at radius 2 is 2.16 bits per heavy atom. The van der Waals surface area contributed by atoms with Gasteiger partial charge < -0.3 is 5.73 Å². The van der Waals surface area contributed by atoms with Gasteiger partial charge >= 0.3 is 0 Å². The molecule has 0 aromatic heterocycles. The summed E-state index contributed by atoms with van der Waals surface area (Å²) in [5.74, 6) is -1.90. The van der Waals surface area contributed by atoms with E-state index in [-0.39, 0.29) is 28.8 Å². The quantitative estimate of drug-likeness (QED) is 0.781. The maximum atomic E-state index is 13.5. The van der Waals surface area contributed by atoms with Gasteiger partial charge in [0.1, 0.15) is 5.82 Å². The molecule has 3 N–H and O–H groups in total. The van der Waals surface area contributed by atoms with Gasteiger partial charge in [0.25, 0.3) is 0 Å². The van der Waals surface area contributed by atoms with Crippen molar-refractivity contribution in [2.45, 2.75) is 6.92 Å². The van der Waals surface area contributed by atoms with Crippen LogP contribution in [0, 0.1) is 11.7 Å². The minimum Gasteiger partial charge on any atom is -0.366 e. The summed E-state index contributed by atoms with van der Waals surface area (Å²) in [6.45, 7) is 1.66. The second kappa shape index (κ2) is 6.21. The maximum Gasteiger partial charge on any atom is 0.248 e. The highest BCUT2D eigenvalue weighted by atomic mass is 35.5. The first kappa shape index (κ1) is 15.7. The van der Waals surface area contributed by atoms with Crippen molar-refractivity contribution in [1.82, 2.24) is 0 Å². The predicted octanol–water partition coefficient (Wildman–Crippen LogP) is 1.54. The Balaban J connectivity index is 2.98. The molecule has 0 bridgehead atoms. The van der Waals surface area contributed by atoms with Crippen molar-refractivity contribution < 1.29 is 17.6 Å². The van der Waals surface area contributed by atoms with Crippen molar-refractivity contribution in [1.29, 1.82) is 0 Å². The van der Waals surface area contributed by atoms with Crippen LogP contribution in [-0.2, 0) is 10.0 Å². The summed E-state index contributed by atoms with van der Waals surface area (Å²) in [6.07, 6.45) is 0. The monoisotopic (exact) mass is 308 g/mol. The second-order valence-electron chi connectivity index (χ2n) is 4.20. The van der Waals surface area contributed by atoms with E-state index in [1.807, 2.05) is 0 Å². The Morgan fingerprint density at radius 1 is 1.53 bits per heavy atom. The van der Waals surface area contributed by atoms with Gasteiger partial charge in [0, 0.05) is 11.4 Å². The molecular formula is C11H14ClFN2O3S. The van der Waals surface area contributed by atoms with Crippen molar-refractivity contribution in [3.8, 4) is 0 Å². The third kappa shape index (κ3) is 4.68. The zero-order chi connectivity index (χ0) is 14.6. The molecule has 1 aromatic carbocycles. The van der Waals surface area contributed by atoms with Crippen LogP contribution < -0.4 is 10.5 Å². The molecule has 5 nitrogen and oxygen atoms in total. The van der Waals surface area contributed by atoms with Gasteiger partial charge in [-0.25, -0.2) is 12.8 Å². The van der Waals surface area contributed by atoms with E-state index in [1.165, 1.54) is 6.07 Å². The summed E-state index contributed by atoms with van der Waals surface area (Å²) in [6, 6.07) is 3.21. The van der Waals surface area contributed by atoms with Gasteiger partial charge in [0.15, 0.2) is 0 Å². The van der Waals surface area contributed by atoms with E-state index in [9.17, 15) is 17.6 Å². The van der Waals surface area contributed by atoms with Crippen LogP contribution in [0.2, 0.25) is 0 Å². The van der Waals surface area contributed by atoms with Crippen LogP contribution in [0.3, 0.4) is 0 Å². The molecule has 0 saturated carbocycles. The molecule has 0 fully saturated rings. The zero-order valence-electron chi connectivity index (χ0n) is 10.2. The number of halogens is 2. The van der Waals surface area contributed by atoms with Gasteiger partial charge in [0.2, 0.25) is 15.9 Å². The average molecular weight is 309 g/mol. The topological polar surface area (TPSA) is 89.3 Å². The third-order valence-electron chi connectivity index (χ3n) is 2.28. The summed E-state index contributed by atoms with van der Waals surface area (Å²) in [7, 11) is -3.74. The summed E-state index contributed by atoms with van der Waals surface area (Å²) in [5, 5.41) is 0. The molecule has 0 radical (unpaired) electrons. The highest BCUT2D eigenvalue weighted by Gasteiger charge is 2.17. The molecule has 106 valence electrons. The number of nitrogens with two attached hydrogens (primary N) is 1. The standard InChI is InChI=1S/C11H14ClFN2O3S/c1-7(5-12)6-19(17,18)15-10-4-8(11(14)16)2-3-9(10)13/h2-4,7,15H,5-6H2,1H3,(H2,14,16). The smallest absolute Gasteiger partial charge is 0.248 e. The number of amides is 1. The van der Waals surface area contributed by atoms with Crippen molar-refractivity contribution >= 4 is 33.2 Å². The third-order valence-corrected chi connectivity index (χ3v) is 4.35. The lowest BCUT2D eigenvalue weighted by Crippen LogP contribution is -2.23. The fourth-order valence-electron chi connectivity index (χ4n) is 1.39. The molecule has 1 rings (SSSR count). The van der Waals surface area contributed by atoms with Gasteiger partial charge in [-0.05, 0) is 24.1 Å². The highest BCUT2D eigenvalue weighted by molar-refractivity contribution is 7.92. The number of alkyl halides is 1. The zero-order valence-corrected chi connectivity index (χ0v) is 11.8. The summed E-state index contributed by atoms with van der Waals surface area (Å²) in [5.41, 5.74) is 4.75. The highest BCUT2D eigenvalue weighted by Crippen LogP contribution is 2.18. The molecule has 0 aliphatic rings. The minimum atomic E-state index is -3.74. The lowest BCUT2D eigenvalue weighted by Gasteiger charge is -2.12. The molecule has 1 atom stereocenters. The molecule has 0 aliphatic carbocycles. The molecular weight excluding hydrogens is 295 g/mol. The van der Waals surface area contributed by atoms with Gasteiger partial charge in [-0.15, -0.1) is 11.6 Å². The van der Waals surface area contributed by atoms with Crippen molar-refractivity contribution in [3.05, 3.63) is 29.6 Å². The number of nitrogens with one attached hydrogen (secondary N) is 1. The van der Waals surface area contributed by atoms with E-state index in [0.29, 0.717) is 0 Å². The van der Waals surface area contributed by atoms with Gasteiger partial charge in [-0.2, -0.15) is 0 Å². The number of hydrogen-bond acceptors (Lipinski definition) is 3. The van der Waals surface area contributed by atoms with E-state index in [0.717, 1.165) is 12.1 Å². The number of benzene rings is 1. The van der Waals surface area contributed by atoms with Crippen molar-refractivity contribution in [3.63, 3.8) is 0 Å². The second-order valence-corrected chi connectivity index (χ2v) is 6.28. The minimum absolute atomic E-state index is 0.0180. The molecule has 0 saturated heterocycles. The average Bonchev–Trinajstić information content (AvgIpc) is 2.30. The Kier molecular flexibility index (Phi) is 5.13. The van der Waals surface area contributed by atoms with Crippen molar-refractivity contribution in [2.75, 3.05) is 16.4 Å². The van der Waals surface area contributed by atoms with Gasteiger partial charge in [-0.1, -0.05) is 6.92 Å². The molecule has 0 aliphatic heterocycles. The van der Waals surface area contributed by atoms with Crippen LogP contribution in [0.5, 0.6) is 0 Å². The van der Waals surface area contributed by atoms with E-state index in [2.05, 4.69) is 4.72 Å². The van der Waals surface area contributed by atoms with Crippen LogP contribution in [0.15, 0.2) is 18.2 Å². The number of hydrogen-bond donors (Lipinski definition) is 2. The SMILES string of the molecule is CC(CCl)CS(=O)(=O)Nc1cc(C(N)=O)ccc1F. The Bertz CT molecular complexity index is 577. The van der Waals surface area contributed by atoms with Gasteiger partial charge in [-0.3, -0.25) is 9.52 Å². The van der Waals surface area contributed by atoms with Crippen LogP contribution in [0.25, 0.3) is 0 Å². The van der Waals surface area contributed by atoms with E-state index >= 15 is 0 Å². The first-order valence-electron chi connectivity index (χ1n) is 5.41. The van der Waals surface area contributed by atoms with Gasteiger partial charge in [0.05, 0.1) is 11.4 Å². The number of sulfonamides is 1. The predicted molar refractivity (Wildman–Crippen MR) is 72.2 cm³/mol. The van der Waals surface area contributed by atoms with Crippen LogP contribution >= 0.6 is 11.6 Å². The van der Waals surface area contributed by atoms with Crippen molar-refractivity contribution in [2.24, 2.45) is 11.7 Å². The summed E-state index contributed by atoms with van der Waals surface area (Å²) in [4.78, 5) is 11.0. The number of carbonyl (C=O) groups is 1. The van der Waals surface area contributed by atoms with Crippen LogP contribution in [-0.4, -0.2) is 26.0 Å². The van der Waals surface area contributed by atoms with E-state index < -0.39 is 21.7 Å².